The Balaban J connectivity index is 1.67. The molecule has 2 atom stereocenters. The summed E-state index contributed by atoms with van der Waals surface area (Å²) < 4.78 is 18.7. The van der Waals surface area contributed by atoms with Crippen molar-refractivity contribution in [1.82, 2.24) is 9.88 Å². The number of aromatic nitrogens is 1. The maximum absolute atomic E-state index is 13.2. The molecule has 3 rings (SSSR count). The SMILES string of the molecule is C[C@H](O)[C@H]1CCCN(Cc2coc(-c3cccc(F)c3)n2)C1. The van der Waals surface area contributed by atoms with Crippen molar-refractivity contribution in [3.63, 3.8) is 0 Å². The average molecular weight is 304 g/mol. The maximum Gasteiger partial charge on any atom is 0.226 e. The van der Waals surface area contributed by atoms with Crippen LogP contribution in [0.4, 0.5) is 4.39 Å². The van der Waals surface area contributed by atoms with E-state index in [0.717, 1.165) is 31.6 Å². The van der Waals surface area contributed by atoms with Crippen molar-refractivity contribution in [3.05, 3.63) is 42.0 Å². The molecule has 0 saturated carbocycles. The van der Waals surface area contributed by atoms with Gasteiger partial charge in [0.1, 0.15) is 12.1 Å². The Hall–Kier alpha value is -1.72. The molecule has 0 amide bonds. The third-order valence-electron chi connectivity index (χ3n) is 4.23. The van der Waals surface area contributed by atoms with Crippen LogP contribution < -0.4 is 0 Å². The lowest BCUT2D eigenvalue weighted by molar-refractivity contribution is 0.0594. The van der Waals surface area contributed by atoms with Gasteiger partial charge in [0, 0.05) is 18.7 Å². The molecule has 4 nitrogen and oxygen atoms in total. The molecule has 22 heavy (non-hydrogen) atoms. The summed E-state index contributed by atoms with van der Waals surface area (Å²) in [5.74, 6) is 0.468. The van der Waals surface area contributed by atoms with Gasteiger partial charge in [-0.2, -0.15) is 0 Å². The summed E-state index contributed by atoms with van der Waals surface area (Å²) in [5, 5.41) is 9.74. The van der Waals surface area contributed by atoms with Crippen LogP contribution in [0.2, 0.25) is 0 Å². The van der Waals surface area contributed by atoms with Gasteiger partial charge in [0.15, 0.2) is 0 Å². The van der Waals surface area contributed by atoms with Crippen LogP contribution in [0.15, 0.2) is 34.9 Å². The van der Waals surface area contributed by atoms with E-state index in [0.29, 0.717) is 23.9 Å². The summed E-state index contributed by atoms with van der Waals surface area (Å²) in [4.78, 5) is 6.73. The van der Waals surface area contributed by atoms with Crippen molar-refractivity contribution in [2.45, 2.75) is 32.4 Å². The standard InChI is InChI=1S/C17H21FN2O2/c1-12(21)14-5-3-7-20(9-14)10-16-11-22-17(19-16)13-4-2-6-15(18)8-13/h2,4,6,8,11-12,14,21H,3,5,7,9-10H2,1H3/t12-,14-/m0/s1. The Labute approximate surface area is 129 Å². The van der Waals surface area contributed by atoms with E-state index < -0.39 is 0 Å². The van der Waals surface area contributed by atoms with E-state index in [4.69, 9.17) is 4.42 Å². The summed E-state index contributed by atoms with van der Waals surface area (Å²) in [6.07, 6.45) is 3.51. The lowest BCUT2D eigenvalue weighted by atomic mass is 9.93. The summed E-state index contributed by atoms with van der Waals surface area (Å²) in [7, 11) is 0. The molecule has 0 spiro atoms. The van der Waals surface area contributed by atoms with Gasteiger partial charge < -0.3 is 9.52 Å². The monoisotopic (exact) mass is 304 g/mol. The van der Waals surface area contributed by atoms with E-state index in [9.17, 15) is 9.50 Å². The number of piperidine rings is 1. The van der Waals surface area contributed by atoms with Crippen LogP contribution in [-0.4, -0.2) is 34.2 Å². The summed E-state index contributed by atoms with van der Waals surface area (Å²) in [5.41, 5.74) is 1.48. The molecule has 1 fully saturated rings. The number of halogens is 1. The molecule has 0 radical (unpaired) electrons. The highest BCUT2D eigenvalue weighted by atomic mass is 19.1. The number of rotatable bonds is 4. The Morgan fingerprint density at radius 3 is 3.14 bits per heavy atom. The normalized spacial score (nSPS) is 21.0. The van der Waals surface area contributed by atoms with Gasteiger partial charge in [-0.25, -0.2) is 9.37 Å². The van der Waals surface area contributed by atoms with E-state index in [1.54, 1.807) is 18.4 Å². The Kier molecular flexibility index (Phi) is 4.55. The molecule has 0 aliphatic carbocycles. The maximum atomic E-state index is 13.2. The number of hydrogen-bond acceptors (Lipinski definition) is 4. The van der Waals surface area contributed by atoms with Gasteiger partial charge in [-0.3, -0.25) is 4.90 Å². The first-order valence-corrected chi connectivity index (χ1v) is 7.72. The topological polar surface area (TPSA) is 49.5 Å². The predicted octanol–water partition coefficient (Wildman–Crippen LogP) is 3.07. The van der Waals surface area contributed by atoms with Crippen LogP contribution in [0.5, 0.6) is 0 Å². The van der Waals surface area contributed by atoms with Gasteiger partial charge in [-0.05, 0) is 50.4 Å². The molecule has 1 aromatic carbocycles. The number of aliphatic hydroxyl groups is 1. The molecular weight excluding hydrogens is 283 g/mol. The van der Waals surface area contributed by atoms with Crippen LogP contribution in [-0.2, 0) is 6.54 Å². The predicted molar refractivity (Wildman–Crippen MR) is 81.6 cm³/mol. The van der Waals surface area contributed by atoms with E-state index in [1.165, 1.54) is 12.1 Å². The lowest BCUT2D eigenvalue weighted by Crippen LogP contribution is -2.39. The zero-order valence-electron chi connectivity index (χ0n) is 12.7. The smallest absolute Gasteiger partial charge is 0.226 e. The Morgan fingerprint density at radius 1 is 1.50 bits per heavy atom. The van der Waals surface area contributed by atoms with Crippen molar-refractivity contribution in [1.29, 1.82) is 0 Å². The molecule has 2 aromatic rings. The number of hydrogen-bond donors (Lipinski definition) is 1. The summed E-state index contributed by atoms with van der Waals surface area (Å²) in [6, 6.07) is 6.24. The summed E-state index contributed by atoms with van der Waals surface area (Å²) in [6.45, 7) is 4.43. The summed E-state index contributed by atoms with van der Waals surface area (Å²) >= 11 is 0. The zero-order valence-corrected chi connectivity index (χ0v) is 12.7. The van der Waals surface area contributed by atoms with Crippen LogP contribution in [0.25, 0.3) is 11.5 Å². The van der Waals surface area contributed by atoms with Crippen molar-refractivity contribution in [3.8, 4) is 11.5 Å². The van der Waals surface area contributed by atoms with E-state index >= 15 is 0 Å². The number of nitrogens with zero attached hydrogens (tertiary/aromatic N) is 2. The molecule has 1 N–H and O–H groups in total. The third kappa shape index (κ3) is 3.54. The van der Waals surface area contributed by atoms with Gasteiger partial charge >= 0.3 is 0 Å². The van der Waals surface area contributed by atoms with Crippen molar-refractivity contribution >= 4 is 0 Å². The molecule has 0 bridgehead atoms. The molecule has 1 saturated heterocycles. The van der Waals surface area contributed by atoms with Crippen LogP contribution >= 0.6 is 0 Å². The Morgan fingerprint density at radius 2 is 2.36 bits per heavy atom. The number of oxazole rings is 1. The fourth-order valence-corrected chi connectivity index (χ4v) is 2.99. The zero-order chi connectivity index (χ0) is 15.5. The minimum Gasteiger partial charge on any atom is -0.444 e. The second kappa shape index (κ2) is 6.58. The van der Waals surface area contributed by atoms with Gasteiger partial charge in [0.2, 0.25) is 5.89 Å². The van der Waals surface area contributed by atoms with Crippen molar-refractivity contribution < 1.29 is 13.9 Å². The van der Waals surface area contributed by atoms with Crippen molar-refractivity contribution in [2.75, 3.05) is 13.1 Å². The number of likely N-dealkylation sites (tertiary alicyclic amines) is 1. The molecule has 5 heteroatoms. The van der Waals surface area contributed by atoms with Gasteiger partial charge in [-0.15, -0.1) is 0 Å². The second-order valence-corrected chi connectivity index (χ2v) is 6.03. The van der Waals surface area contributed by atoms with Gasteiger partial charge in [-0.1, -0.05) is 6.07 Å². The number of aliphatic hydroxyl groups excluding tert-OH is 1. The third-order valence-corrected chi connectivity index (χ3v) is 4.23. The molecule has 118 valence electrons. The molecular formula is C17H21FN2O2. The number of benzene rings is 1. The van der Waals surface area contributed by atoms with Gasteiger partial charge in [0.05, 0.1) is 11.8 Å². The quantitative estimate of drug-likeness (QED) is 0.943. The average Bonchev–Trinajstić information content (AvgIpc) is 2.96. The first-order chi connectivity index (χ1) is 10.6. The minimum atomic E-state index is -0.298. The highest BCUT2D eigenvalue weighted by molar-refractivity contribution is 5.52. The highest BCUT2D eigenvalue weighted by Gasteiger charge is 2.24. The van der Waals surface area contributed by atoms with E-state index in [-0.39, 0.29) is 11.9 Å². The van der Waals surface area contributed by atoms with Crippen molar-refractivity contribution in [2.24, 2.45) is 5.92 Å². The molecule has 2 heterocycles. The second-order valence-electron chi connectivity index (χ2n) is 6.03. The Bertz CT molecular complexity index is 627. The van der Waals surface area contributed by atoms with Crippen LogP contribution in [0.1, 0.15) is 25.5 Å². The molecule has 1 aliphatic rings. The fourth-order valence-electron chi connectivity index (χ4n) is 2.99. The lowest BCUT2D eigenvalue weighted by Gasteiger charge is -2.33. The van der Waals surface area contributed by atoms with Gasteiger partial charge in [0.25, 0.3) is 0 Å². The molecule has 1 aromatic heterocycles. The van der Waals surface area contributed by atoms with Crippen LogP contribution in [0.3, 0.4) is 0 Å². The first kappa shape index (κ1) is 15.2. The van der Waals surface area contributed by atoms with Crippen LogP contribution in [0, 0.1) is 11.7 Å². The minimum absolute atomic E-state index is 0.275. The molecule has 0 unspecified atom stereocenters. The largest absolute Gasteiger partial charge is 0.444 e. The molecule has 1 aliphatic heterocycles. The first-order valence-electron chi connectivity index (χ1n) is 7.72. The van der Waals surface area contributed by atoms with E-state index in [1.807, 2.05) is 6.92 Å². The van der Waals surface area contributed by atoms with E-state index in [2.05, 4.69) is 9.88 Å². The highest BCUT2D eigenvalue weighted by Crippen LogP contribution is 2.23. The fraction of sp³-hybridized carbons (Fsp3) is 0.471.